The van der Waals surface area contributed by atoms with E-state index in [1.54, 1.807) is 12.2 Å². The Kier molecular flexibility index (Phi) is 3.09. The zero-order chi connectivity index (χ0) is 8.97. The third-order valence-corrected chi connectivity index (χ3v) is 2.26. The Bertz CT molecular complexity index is 198. The maximum absolute atomic E-state index is 11.4. The fourth-order valence-corrected chi connectivity index (χ4v) is 1.45. The molecule has 0 spiro atoms. The van der Waals surface area contributed by atoms with Crippen LogP contribution in [0.25, 0.3) is 0 Å². The maximum Gasteiger partial charge on any atom is 0.227 e. The van der Waals surface area contributed by atoms with Crippen molar-refractivity contribution >= 4 is 5.91 Å². The van der Waals surface area contributed by atoms with E-state index in [2.05, 4.69) is 18.5 Å². The monoisotopic (exact) mass is 165 g/mol. The molecule has 2 atom stereocenters. The first-order valence-corrected chi connectivity index (χ1v) is 4.33. The van der Waals surface area contributed by atoms with Gasteiger partial charge in [-0.1, -0.05) is 12.2 Å². The van der Waals surface area contributed by atoms with Crippen LogP contribution in [0.3, 0.4) is 0 Å². The normalized spacial score (nSPS) is 30.2. The summed E-state index contributed by atoms with van der Waals surface area (Å²) in [4.78, 5) is 11.4. The summed E-state index contributed by atoms with van der Waals surface area (Å²) in [6, 6.07) is 0.155. The first-order valence-electron chi connectivity index (χ1n) is 4.33. The first-order chi connectivity index (χ1) is 5.77. The van der Waals surface area contributed by atoms with Crippen LogP contribution < -0.4 is 5.32 Å². The van der Waals surface area contributed by atoms with Gasteiger partial charge in [-0.2, -0.15) is 0 Å². The Morgan fingerprint density at radius 3 is 2.67 bits per heavy atom. The molecule has 12 heavy (non-hydrogen) atoms. The standard InChI is InChI=1S/C10H15NO/c1-3-8-6-5-7-9(4-2)11-10(8)12/h3-4,8-9H,1-2,5-7H2,(H,11,12). The largest absolute Gasteiger partial charge is 0.349 e. The Morgan fingerprint density at radius 2 is 2.08 bits per heavy atom. The minimum atomic E-state index is -0.00468. The number of rotatable bonds is 2. The van der Waals surface area contributed by atoms with Crippen LogP contribution in [-0.4, -0.2) is 11.9 Å². The van der Waals surface area contributed by atoms with Gasteiger partial charge in [-0.05, 0) is 19.3 Å². The zero-order valence-corrected chi connectivity index (χ0v) is 7.25. The number of hydrogen-bond donors (Lipinski definition) is 1. The highest BCUT2D eigenvalue weighted by Gasteiger charge is 2.20. The Hall–Kier alpha value is -1.05. The summed E-state index contributed by atoms with van der Waals surface area (Å²) in [5.74, 6) is 0.0855. The predicted molar refractivity (Wildman–Crippen MR) is 49.7 cm³/mol. The summed E-state index contributed by atoms with van der Waals surface area (Å²) in [5.41, 5.74) is 0. The summed E-state index contributed by atoms with van der Waals surface area (Å²) in [6.07, 6.45) is 6.50. The number of carbonyl (C=O) groups is 1. The first kappa shape index (κ1) is 9.04. The fraction of sp³-hybridized carbons (Fsp3) is 0.500. The molecule has 2 nitrogen and oxygen atoms in total. The molecule has 66 valence electrons. The van der Waals surface area contributed by atoms with E-state index in [0.29, 0.717) is 0 Å². The van der Waals surface area contributed by atoms with Crippen molar-refractivity contribution in [3.05, 3.63) is 25.3 Å². The maximum atomic E-state index is 11.4. The van der Waals surface area contributed by atoms with E-state index in [-0.39, 0.29) is 17.9 Å². The lowest BCUT2D eigenvalue weighted by molar-refractivity contribution is -0.123. The Labute approximate surface area is 73.4 Å². The lowest BCUT2D eigenvalue weighted by Gasteiger charge is -2.11. The van der Waals surface area contributed by atoms with Gasteiger partial charge in [0, 0.05) is 6.04 Å². The molecular formula is C10H15NO. The molecule has 0 bridgehead atoms. The molecule has 2 unspecified atom stereocenters. The molecule has 0 aromatic heterocycles. The highest BCUT2D eigenvalue weighted by atomic mass is 16.1. The quantitative estimate of drug-likeness (QED) is 0.619. The van der Waals surface area contributed by atoms with Crippen LogP contribution in [-0.2, 0) is 4.79 Å². The predicted octanol–water partition coefficient (Wildman–Crippen LogP) is 1.64. The molecule has 0 saturated carbocycles. The van der Waals surface area contributed by atoms with Crippen molar-refractivity contribution in [1.29, 1.82) is 0 Å². The minimum Gasteiger partial charge on any atom is -0.349 e. The van der Waals surface area contributed by atoms with E-state index < -0.39 is 0 Å². The van der Waals surface area contributed by atoms with Crippen LogP contribution in [0, 0.1) is 5.92 Å². The van der Waals surface area contributed by atoms with Crippen molar-refractivity contribution in [1.82, 2.24) is 5.32 Å². The Balaban J connectivity index is 2.61. The summed E-state index contributed by atoms with van der Waals surface area (Å²) in [5, 5.41) is 2.90. The minimum absolute atomic E-state index is 0.00468. The molecule has 1 aliphatic heterocycles. The molecule has 0 radical (unpaired) electrons. The van der Waals surface area contributed by atoms with Crippen LogP contribution in [0.2, 0.25) is 0 Å². The number of carbonyl (C=O) groups excluding carboxylic acids is 1. The zero-order valence-electron chi connectivity index (χ0n) is 7.25. The van der Waals surface area contributed by atoms with E-state index in [1.807, 2.05) is 0 Å². The third kappa shape index (κ3) is 1.97. The molecule has 1 amide bonds. The van der Waals surface area contributed by atoms with Gasteiger partial charge < -0.3 is 5.32 Å². The molecular weight excluding hydrogens is 150 g/mol. The van der Waals surface area contributed by atoms with Crippen molar-refractivity contribution in [3.8, 4) is 0 Å². The van der Waals surface area contributed by atoms with Gasteiger partial charge in [0.15, 0.2) is 0 Å². The van der Waals surface area contributed by atoms with Crippen molar-refractivity contribution in [2.75, 3.05) is 0 Å². The van der Waals surface area contributed by atoms with Gasteiger partial charge in [-0.25, -0.2) is 0 Å². The molecule has 0 aromatic carbocycles. The van der Waals surface area contributed by atoms with Gasteiger partial charge in [0.2, 0.25) is 5.91 Å². The van der Waals surface area contributed by atoms with Gasteiger partial charge in [0.25, 0.3) is 0 Å². The number of hydrogen-bond acceptors (Lipinski definition) is 1. The molecule has 1 saturated heterocycles. The summed E-state index contributed by atoms with van der Waals surface area (Å²) in [6.45, 7) is 7.31. The topological polar surface area (TPSA) is 29.1 Å². The lowest BCUT2D eigenvalue weighted by atomic mass is 10.0. The van der Waals surface area contributed by atoms with E-state index in [4.69, 9.17) is 0 Å². The second-order valence-electron chi connectivity index (χ2n) is 3.12. The lowest BCUT2D eigenvalue weighted by Crippen LogP contribution is -2.34. The molecule has 1 fully saturated rings. The van der Waals surface area contributed by atoms with Gasteiger partial charge in [-0.15, -0.1) is 13.2 Å². The van der Waals surface area contributed by atoms with Crippen molar-refractivity contribution in [3.63, 3.8) is 0 Å². The number of nitrogens with one attached hydrogen (secondary N) is 1. The molecule has 0 aromatic rings. The van der Waals surface area contributed by atoms with Gasteiger partial charge in [0.05, 0.1) is 5.92 Å². The van der Waals surface area contributed by atoms with Crippen molar-refractivity contribution in [2.24, 2.45) is 5.92 Å². The summed E-state index contributed by atoms with van der Waals surface area (Å²) in [7, 11) is 0. The molecule has 1 rings (SSSR count). The molecule has 1 N–H and O–H groups in total. The fourth-order valence-electron chi connectivity index (χ4n) is 1.45. The van der Waals surface area contributed by atoms with Crippen molar-refractivity contribution < 1.29 is 4.79 Å². The summed E-state index contributed by atoms with van der Waals surface area (Å²) >= 11 is 0. The Morgan fingerprint density at radius 1 is 1.33 bits per heavy atom. The average molecular weight is 165 g/mol. The second-order valence-corrected chi connectivity index (χ2v) is 3.12. The molecule has 1 heterocycles. The third-order valence-electron chi connectivity index (χ3n) is 2.26. The SMILES string of the molecule is C=CC1CCCC(C=C)C(=O)N1. The smallest absolute Gasteiger partial charge is 0.227 e. The van der Waals surface area contributed by atoms with Crippen LogP contribution in [0.15, 0.2) is 25.3 Å². The van der Waals surface area contributed by atoms with Crippen LogP contribution in [0.1, 0.15) is 19.3 Å². The van der Waals surface area contributed by atoms with E-state index in [0.717, 1.165) is 19.3 Å². The molecule has 1 aliphatic rings. The van der Waals surface area contributed by atoms with Gasteiger partial charge >= 0.3 is 0 Å². The van der Waals surface area contributed by atoms with Gasteiger partial charge in [0.1, 0.15) is 0 Å². The highest BCUT2D eigenvalue weighted by molar-refractivity contribution is 5.81. The van der Waals surface area contributed by atoms with Crippen LogP contribution in [0.4, 0.5) is 0 Å². The van der Waals surface area contributed by atoms with Crippen molar-refractivity contribution in [2.45, 2.75) is 25.3 Å². The van der Waals surface area contributed by atoms with E-state index >= 15 is 0 Å². The number of amides is 1. The highest BCUT2D eigenvalue weighted by Crippen LogP contribution is 2.16. The van der Waals surface area contributed by atoms with Crippen LogP contribution >= 0.6 is 0 Å². The average Bonchev–Trinajstić information content (AvgIpc) is 2.26. The van der Waals surface area contributed by atoms with Gasteiger partial charge in [-0.3, -0.25) is 4.79 Å². The molecule has 2 heteroatoms. The van der Waals surface area contributed by atoms with Crippen LogP contribution in [0.5, 0.6) is 0 Å². The van der Waals surface area contributed by atoms with E-state index in [1.165, 1.54) is 0 Å². The second kappa shape index (κ2) is 4.10. The molecule has 0 aliphatic carbocycles. The summed E-state index contributed by atoms with van der Waals surface area (Å²) < 4.78 is 0. The van der Waals surface area contributed by atoms with E-state index in [9.17, 15) is 4.79 Å².